The van der Waals surface area contributed by atoms with E-state index in [1.807, 2.05) is 12.1 Å². The molecule has 1 aromatic carbocycles. The van der Waals surface area contributed by atoms with Gasteiger partial charge in [-0.15, -0.1) is 0 Å². The van der Waals surface area contributed by atoms with Gasteiger partial charge in [-0.2, -0.15) is 5.10 Å². The van der Waals surface area contributed by atoms with Crippen molar-refractivity contribution >= 4 is 22.4 Å². The van der Waals surface area contributed by atoms with Crippen molar-refractivity contribution in [1.29, 1.82) is 0 Å². The summed E-state index contributed by atoms with van der Waals surface area (Å²) in [4.78, 5) is 15.8. The smallest absolute Gasteiger partial charge is 0.271 e. The van der Waals surface area contributed by atoms with Crippen LogP contribution in [0.1, 0.15) is 24.5 Å². The van der Waals surface area contributed by atoms with Gasteiger partial charge in [0.15, 0.2) is 5.82 Å². The second-order valence-corrected chi connectivity index (χ2v) is 6.38. The second kappa shape index (κ2) is 5.76. The molecule has 1 aliphatic rings. The average Bonchev–Trinajstić information content (AvgIpc) is 3.29. The van der Waals surface area contributed by atoms with Crippen LogP contribution in [0.2, 0.25) is 0 Å². The van der Waals surface area contributed by atoms with Crippen molar-refractivity contribution in [3.05, 3.63) is 58.6 Å². The lowest BCUT2D eigenvalue weighted by Gasteiger charge is -2.07. The summed E-state index contributed by atoms with van der Waals surface area (Å²) in [6.07, 6.45) is 4.13. The van der Waals surface area contributed by atoms with Gasteiger partial charge < -0.3 is 10.1 Å². The summed E-state index contributed by atoms with van der Waals surface area (Å²) in [6.45, 7) is 0. The lowest BCUT2D eigenvalue weighted by Crippen LogP contribution is -1.97. The molecule has 130 valence electrons. The normalized spacial score (nSPS) is 13.8. The summed E-state index contributed by atoms with van der Waals surface area (Å²) in [5, 5.41) is 16.6. The molecule has 0 atom stereocenters. The maximum absolute atomic E-state index is 11.6. The first-order valence-electron chi connectivity index (χ1n) is 8.41. The highest BCUT2D eigenvalue weighted by atomic mass is 16.5. The van der Waals surface area contributed by atoms with Crippen LogP contribution < -0.4 is 15.6 Å². The Morgan fingerprint density at radius 2 is 2.04 bits per heavy atom. The number of fused-ring (bicyclic) bond motifs is 1. The molecule has 0 saturated heterocycles. The first-order chi connectivity index (χ1) is 12.7. The van der Waals surface area contributed by atoms with E-state index in [1.165, 1.54) is 18.5 Å². The fourth-order valence-electron chi connectivity index (χ4n) is 2.90. The van der Waals surface area contributed by atoms with Crippen molar-refractivity contribution in [1.82, 2.24) is 25.4 Å². The third kappa shape index (κ3) is 2.81. The Morgan fingerprint density at radius 3 is 2.92 bits per heavy atom. The molecule has 0 amide bonds. The van der Waals surface area contributed by atoms with Crippen LogP contribution in [0.25, 0.3) is 10.9 Å². The summed E-state index contributed by atoms with van der Waals surface area (Å²) in [7, 11) is 0. The third-order valence-electron chi connectivity index (χ3n) is 4.39. The van der Waals surface area contributed by atoms with Crippen LogP contribution in [0.3, 0.4) is 0 Å². The van der Waals surface area contributed by atoms with Gasteiger partial charge in [0.2, 0.25) is 5.88 Å². The molecule has 0 radical (unpaired) electrons. The number of pyridine rings is 1. The van der Waals surface area contributed by atoms with Crippen molar-refractivity contribution in [2.75, 3.05) is 5.32 Å². The molecule has 26 heavy (non-hydrogen) atoms. The van der Waals surface area contributed by atoms with E-state index in [-0.39, 0.29) is 5.56 Å². The molecule has 0 aliphatic heterocycles. The highest BCUT2D eigenvalue weighted by Crippen LogP contribution is 2.39. The lowest BCUT2D eigenvalue weighted by molar-refractivity contribution is 0.464. The molecule has 1 saturated carbocycles. The van der Waals surface area contributed by atoms with Crippen molar-refractivity contribution < 1.29 is 4.74 Å². The summed E-state index contributed by atoms with van der Waals surface area (Å²) in [5.41, 5.74) is 2.54. The number of hydrogen-bond donors (Lipinski definition) is 4. The quantitative estimate of drug-likeness (QED) is 0.442. The largest absolute Gasteiger partial charge is 0.439 e. The van der Waals surface area contributed by atoms with Gasteiger partial charge in [0.05, 0.1) is 10.9 Å². The maximum atomic E-state index is 11.6. The molecule has 8 heteroatoms. The van der Waals surface area contributed by atoms with Crippen molar-refractivity contribution in [2.24, 2.45) is 0 Å². The minimum Gasteiger partial charge on any atom is -0.439 e. The van der Waals surface area contributed by atoms with Gasteiger partial charge in [-0.1, -0.05) is 0 Å². The molecule has 5 rings (SSSR count). The van der Waals surface area contributed by atoms with Gasteiger partial charge in [-0.3, -0.25) is 20.1 Å². The predicted molar refractivity (Wildman–Crippen MR) is 97.1 cm³/mol. The van der Waals surface area contributed by atoms with Crippen LogP contribution in [0, 0.1) is 0 Å². The number of nitrogens with zero attached hydrogens (tertiary/aromatic N) is 2. The van der Waals surface area contributed by atoms with Crippen molar-refractivity contribution in [3.8, 4) is 11.6 Å². The van der Waals surface area contributed by atoms with Gasteiger partial charge in [0.25, 0.3) is 5.56 Å². The minimum atomic E-state index is -0.152. The van der Waals surface area contributed by atoms with E-state index in [0.29, 0.717) is 28.5 Å². The highest BCUT2D eigenvalue weighted by Gasteiger charge is 2.25. The van der Waals surface area contributed by atoms with Crippen LogP contribution in [0.5, 0.6) is 11.6 Å². The topological polar surface area (TPSA) is 111 Å². The molecule has 0 bridgehead atoms. The average molecular weight is 348 g/mol. The van der Waals surface area contributed by atoms with E-state index in [0.717, 1.165) is 11.5 Å². The lowest BCUT2D eigenvalue weighted by atomic mass is 10.2. The Labute approximate surface area is 147 Å². The summed E-state index contributed by atoms with van der Waals surface area (Å²) < 4.78 is 5.81. The van der Waals surface area contributed by atoms with E-state index >= 15 is 0 Å². The number of hydrogen-bond acceptors (Lipinski definition) is 5. The van der Waals surface area contributed by atoms with E-state index in [1.54, 1.807) is 30.5 Å². The molecule has 3 heterocycles. The Hall–Kier alpha value is -3.55. The number of rotatable bonds is 5. The van der Waals surface area contributed by atoms with Crippen LogP contribution >= 0.6 is 0 Å². The molecule has 0 unspecified atom stereocenters. The Kier molecular flexibility index (Phi) is 3.27. The monoisotopic (exact) mass is 348 g/mol. The third-order valence-corrected chi connectivity index (χ3v) is 4.39. The summed E-state index contributed by atoms with van der Waals surface area (Å²) in [5.74, 6) is 2.44. The fourth-order valence-corrected chi connectivity index (χ4v) is 2.90. The van der Waals surface area contributed by atoms with Crippen LogP contribution in [-0.4, -0.2) is 25.4 Å². The highest BCUT2D eigenvalue weighted by molar-refractivity contribution is 5.79. The summed E-state index contributed by atoms with van der Waals surface area (Å²) >= 11 is 0. The molecule has 8 nitrogen and oxygen atoms in total. The first-order valence-corrected chi connectivity index (χ1v) is 8.41. The van der Waals surface area contributed by atoms with Gasteiger partial charge in [0.1, 0.15) is 5.75 Å². The van der Waals surface area contributed by atoms with Gasteiger partial charge in [-0.05, 0) is 31.0 Å². The van der Waals surface area contributed by atoms with E-state index < -0.39 is 0 Å². The van der Waals surface area contributed by atoms with Gasteiger partial charge in [0, 0.05) is 41.7 Å². The Balaban J connectivity index is 1.35. The van der Waals surface area contributed by atoms with E-state index in [4.69, 9.17) is 4.74 Å². The van der Waals surface area contributed by atoms with E-state index in [9.17, 15) is 4.79 Å². The molecular weight excluding hydrogens is 332 g/mol. The molecule has 4 aromatic rings. The fraction of sp³-hybridized carbons (Fsp3) is 0.167. The number of nitrogens with one attached hydrogen (secondary N) is 4. The van der Waals surface area contributed by atoms with Gasteiger partial charge in [-0.25, -0.2) is 4.98 Å². The van der Waals surface area contributed by atoms with Crippen LogP contribution in [0.15, 0.2) is 47.4 Å². The number of aromatic nitrogens is 5. The molecule has 1 aliphatic carbocycles. The first kappa shape index (κ1) is 14.8. The second-order valence-electron chi connectivity index (χ2n) is 6.38. The van der Waals surface area contributed by atoms with Crippen LogP contribution in [-0.2, 0) is 0 Å². The minimum absolute atomic E-state index is 0.152. The van der Waals surface area contributed by atoms with Gasteiger partial charge >= 0.3 is 0 Å². The SMILES string of the molecule is O=c1[nH][nH]c2cc(Oc3cc(Nc4cc(C5CC5)[nH]n4)ccn3)ccc12. The number of H-pyrrole nitrogens is 3. The molecule has 3 aromatic heterocycles. The standard InChI is InChI=1S/C18H16N6O2/c25-18-13-4-3-12(8-15(13)22-24-18)26-17-7-11(5-6-19-17)20-16-9-14(21-23-16)10-1-2-10/h3-10H,1-2H2,(H2,22,24,25)(H2,19,20,21,23). The van der Waals surface area contributed by atoms with Crippen molar-refractivity contribution in [3.63, 3.8) is 0 Å². The number of benzene rings is 1. The van der Waals surface area contributed by atoms with Crippen LogP contribution in [0.4, 0.5) is 11.5 Å². The van der Waals surface area contributed by atoms with Crippen molar-refractivity contribution in [2.45, 2.75) is 18.8 Å². The molecule has 1 fully saturated rings. The van der Waals surface area contributed by atoms with E-state index in [2.05, 4.69) is 30.7 Å². The zero-order chi connectivity index (χ0) is 17.5. The maximum Gasteiger partial charge on any atom is 0.271 e. The molecular formula is C18H16N6O2. The Bertz CT molecular complexity index is 1140. The molecule has 4 N–H and O–H groups in total. The Morgan fingerprint density at radius 1 is 1.12 bits per heavy atom. The summed E-state index contributed by atoms with van der Waals surface area (Å²) in [6, 6.07) is 10.9. The number of ether oxygens (including phenoxy) is 1. The predicted octanol–water partition coefficient (Wildman–Crippen LogP) is 3.39. The zero-order valence-electron chi connectivity index (χ0n) is 13.7. The number of anilines is 2. The number of aromatic amines is 3. The molecule has 0 spiro atoms. The zero-order valence-corrected chi connectivity index (χ0v) is 13.7.